The SMILES string of the molecule is Cc1cc(OCC2(C(=O)O)CCC2)ncc1-c1ccc(-c2ncc(C(F)(F)F)[nH]2)nc1. The van der Waals surface area contributed by atoms with E-state index in [9.17, 15) is 23.1 Å². The Morgan fingerprint density at radius 3 is 2.48 bits per heavy atom. The molecule has 1 aliphatic rings. The summed E-state index contributed by atoms with van der Waals surface area (Å²) in [5, 5.41) is 9.39. The molecule has 0 radical (unpaired) electrons. The van der Waals surface area contributed by atoms with Crippen LogP contribution >= 0.6 is 0 Å². The van der Waals surface area contributed by atoms with Crippen molar-refractivity contribution in [1.29, 1.82) is 0 Å². The predicted octanol–water partition coefficient (Wildman–Crippen LogP) is 4.49. The Kier molecular flexibility index (Phi) is 5.16. The minimum Gasteiger partial charge on any atom is -0.481 e. The molecular weight excluding hydrogens is 413 g/mol. The van der Waals surface area contributed by atoms with Gasteiger partial charge in [-0.3, -0.25) is 9.78 Å². The minimum atomic E-state index is -4.50. The summed E-state index contributed by atoms with van der Waals surface area (Å²) in [4.78, 5) is 25.9. The number of imidazole rings is 1. The summed E-state index contributed by atoms with van der Waals surface area (Å²) in [6.07, 6.45) is 1.43. The lowest BCUT2D eigenvalue weighted by Crippen LogP contribution is -2.43. The summed E-state index contributed by atoms with van der Waals surface area (Å²) in [6.45, 7) is 1.93. The molecule has 1 aliphatic carbocycles. The van der Waals surface area contributed by atoms with Crippen molar-refractivity contribution in [3.8, 4) is 28.5 Å². The lowest BCUT2D eigenvalue weighted by Gasteiger charge is -2.36. The number of carboxylic acids is 1. The first-order chi connectivity index (χ1) is 14.7. The zero-order chi connectivity index (χ0) is 22.2. The third kappa shape index (κ3) is 4.10. The second-order valence-corrected chi connectivity index (χ2v) is 7.64. The van der Waals surface area contributed by atoms with Gasteiger partial charge in [-0.15, -0.1) is 0 Å². The molecule has 2 N–H and O–H groups in total. The van der Waals surface area contributed by atoms with Gasteiger partial charge in [-0.05, 0) is 31.4 Å². The van der Waals surface area contributed by atoms with Crippen molar-refractivity contribution < 1.29 is 27.8 Å². The van der Waals surface area contributed by atoms with Crippen LogP contribution in [0.5, 0.6) is 5.88 Å². The summed E-state index contributed by atoms with van der Waals surface area (Å²) in [7, 11) is 0. The second-order valence-electron chi connectivity index (χ2n) is 7.64. The average Bonchev–Trinajstić information content (AvgIpc) is 3.18. The van der Waals surface area contributed by atoms with Gasteiger partial charge in [-0.1, -0.05) is 12.5 Å². The van der Waals surface area contributed by atoms with Gasteiger partial charge in [0.15, 0.2) is 5.82 Å². The second kappa shape index (κ2) is 7.68. The van der Waals surface area contributed by atoms with E-state index < -0.39 is 23.3 Å². The quantitative estimate of drug-likeness (QED) is 0.595. The molecule has 31 heavy (non-hydrogen) atoms. The lowest BCUT2D eigenvalue weighted by atomic mass is 9.69. The fourth-order valence-electron chi connectivity index (χ4n) is 3.44. The zero-order valence-electron chi connectivity index (χ0n) is 16.5. The molecule has 0 amide bonds. The molecule has 0 bridgehead atoms. The van der Waals surface area contributed by atoms with Crippen molar-refractivity contribution in [2.75, 3.05) is 6.61 Å². The number of aromatic nitrogens is 4. The molecule has 7 nitrogen and oxygen atoms in total. The molecule has 0 unspecified atom stereocenters. The van der Waals surface area contributed by atoms with Crippen LogP contribution < -0.4 is 4.74 Å². The van der Waals surface area contributed by atoms with Crippen LogP contribution in [0.1, 0.15) is 30.5 Å². The van der Waals surface area contributed by atoms with Crippen molar-refractivity contribution in [3.05, 3.63) is 48.0 Å². The van der Waals surface area contributed by atoms with Gasteiger partial charge in [0.1, 0.15) is 23.4 Å². The number of aromatic amines is 1. The third-order valence-corrected chi connectivity index (χ3v) is 5.54. The first kappa shape index (κ1) is 20.8. The minimum absolute atomic E-state index is 0.0285. The van der Waals surface area contributed by atoms with Crippen molar-refractivity contribution in [1.82, 2.24) is 19.9 Å². The van der Waals surface area contributed by atoms with Crippen molar-refractivity contribution in [3.63, 3.8) is 0 Å². The summed E-state index contributed by atoms with van der Waals surface area (Å²) in [5.41, 5.74) is 0.864. The highest BCUT2D eigenvalue weighted by molar-refractivity contribution is 5.76. The number of nitrogens with one attached hydrogen (secondary N) is 1. The molecule has 1 saturated carbocycles. The molecule has 0 atom stereocenters. The fourth-order valence-corrected chi connectivity index (χ4v) is 3.44. The first-order valence-electron chi connectivity index (χ1n) is 9.60. The van der Waals surface area contributed by atoms with Gasteiger partial charge in [0, 0.05) is 29.6 Å². The predicted molar refractivity (Wildman–Crippen MR) is 104 cm³/mol. The van der Waals surface area contributed by atoms with Crippen molar-refractivity contribution >= 4 is 5.97 Å². The topological polar surface area (TPSA) is 101 Å². The lowest BCUT2D eigenvalue weighted by molar-refractivity contribution is -0.157. The van der Waals surface area contributed by atoms with E-state index in [1.165, 1.54) is 6.20 Å². The smallest absolute Gasteiger partial charge is 0.432 e. The number of halogens is 3. The summed E-state index contributed by atoms with van der Waals surface area (Å²) in [5.74, 6) is -0.480. The molecular formula is C21H19F3N4O3. The molecule has 0 aliphatic heterocycles. The fraction of sp³-hybridized carbons (Fsp3) is 0.333. The standard InChI is InChI=1S/C21H19F3N4O3/c1-12-7-17(31-11-20(19(29)30)5-2-6-20)26-9-14(12)13-3-4-15(25-8-13)18-27-10-16(28-18)21(22,23)24/h3-4,7-10H,2,5-6,11H2,1H3,(H,27,28)(H,29,30). The summed E-state index contributed by atoms with van der Waals surface area (Å²) in [6, 6.07) is 5.02. The Morgan fingerprint density at radius 2 is 1.97 bits per heavy atom. The molecule has 3 heterocycles. The highest BCUT2D eigenvalue weighted by Crippen LogP contribution is 2.41. The Morgan fingerprint density at radius 1 is 1.19 bits per heavy atom. The molecule has 3 aromatic rings. The number of hydrogen-bond donors (Lipinski definition) is 2. The van der Waals surface area contributed by atoms with Crippen molar-refractivity contribution in [2.45, 2.75) is 32.4 Å². The number of hydrogen-bond acceptors (Lipinski definition) is 5. The van der Waals surface area contributed by atoms with Gasteiger partial charge >= 0.3 is 12.1 Å². The molecule has 1 fully saturated rings. The van der Waals surface area contributed by atoms with Crippen LogP contribution in [-0.4, -0.2) is 37.6 Å². The first-order valence-corrected chi connectivity index (χ1v) is 9.60. The van der Waals surface area contributed by atoms with Crippen LogP contribution in [0.2, 0.25) is 0 Å². The van der Waals surface area contributed by atoms with Gasteiger partial charge in [0.25, 0.3) is 0 Å². The largest absolute Gasteiger partial charge is 0.481 e. The Bertz CT molecular complexity index is 1110. The number of rotatable bonds is 6. The van der Waals surface area contributed by atoms with Crippen LogP contribution in [0.25, 0.3) is 22.6 Å². The number of carboxylic acid groups (broad SMARTS) is 1. The maximum absolute atomic E-state index is 12.7. The van der Waals surface area contributed by atoms with Gasteiger partial charge in [-0.2, -0.15) is 13.2 Å². The monoisotopic (exact) mass is 432 g/mol. The van der Waals surface area contributed by atoms with E-state index >= 15 is 0 Å². The van der Waals surface area contributed by atoms with Gasteiger partial charge in [-0.25, -0.2) is 9.97 Å². The number of aliphatic carboxylic acids is 1. The van der Waals surface area contributed by atoms with Crippen LogP contribution in [0.3, 0.4) is 0 Å². The third-order valence-electron chi connectivity index (χ3n) is 5.54. The van der Waals surface area contributed by atoms with E-state index in [0.29, 0.717) is 18.7 Å². The van der Waals surface area contributed by atoms with Crippen LogP contribution in [0.4, 0.5) is 13.2 Å². The molecule has 4 rings (SSSR count). The summed E-state index contributed by atoms with van der Waals surface area (Å²) < 4.78 is 43.8. The van der Waals surface area contributed by atoms with E-state index in [2.05, 4.69) is 19.9 Å². The van der Waals surface area contributed by atoms with E-state index in [0.717, 1.165) is 29.3 Å². The number of pyridine rings is 2. The number of nitrogens with zero attached hydrogens (tertiary/aromatic N) is 3. The van der Waals surface area contributed by atoms with E-state index in [1.54, 1.807) is 24.4 Å². The summed E-state index contributed by atoms with van der Waals surface area (Å²) >= 11 is 0. The van der Waals surface area contributed by atoms with Gasteiger partial charge < -0.3 is 14.8 Å². The number of aryl methyl sites for hydroxylation is 1. The number of ether oxygens (including phenoxy) is 1. The number of carbonyl (C=O) groups is 1. The highest BCUT2D eigenvalue weighted by Gasteiger charge is 2.45. The molecule has 3 aromatic heterocycles. The number of alkyl halides is 3. The molecule has 0 spiro atoms. The van der Waals surface area contributed by atoms with Crippen LogP contribution in [-0.2, 0) is 11.0 Å². The molecule has 162 valence electrons. The molecule has 10 heteroatoms. The maximum atomic E-state index is 12.7. The Labute approximate surface area is 175 Å². The van der Waals surface area contributed by atoms with Crippen LogP contribution in [0, 0.1) is 12.3 Å². The molecule has 0 aromatic carbocycles. The molecule has 0 saturated heterocycles. The van der Waals surface area contributed by atoms with Crippen LogP contribution in [0.15, 0.2) is 36.8 Å². The Hall–Kier alpha value is -3.43. The highest BCUT2D eigenvalue weighted by atomic mass is 19.4. The van der Waals surface area contributed by atoms with E-state index in [1.807, 2.05) is 6.92 Å². The van der Waals surface area contributed by atoms with Crippen molar-refractivity contribution in [2.24, 2.45) is 5.41 Å². The van der Waals surface area contributed by atoms with Gasteiger partial charge in [0.05, 0.1) is 6.20 Å². The van der Waals surface area contributed by atoms with Gasteiger partial charge in [0.2, 0.25) is 5.88 Å². The Balaban J connectivity index is 1.48. The van der Waals surface area contributed by atoms with E-state index in [4.69, 9.17) is 4.74 Å². The average molecular weight is 432 g/mol. The number of H-pyrrole nitrogens is 1. The maximum Gasteiger partial charge on any atom is 0.432 e. The zero-order valence-corrected chi connectivity index (χ0v) is 16.5. The normalized spacial score (nSPS) is 15.4. The van der Waals surface area contributed by atoms with E-state index in [-0.39, 0.29) is 18.1 Å².